The summed E-state index contributed by atoms with van der Waals surface area (Å²) in [6.45, 7) is 1.65. The third-order valence-corrected chi connectivity index (χ3v) is 8.43. The second-order valence-electron chi connectivity index (χ2n) is 11.4. The van der Waals surface area contributed by atoms with Crippen molar-refractivity contribution in [1.29, 1.82) is 0 Å². The fraction of sp³-hybridized carbons (Fsp3) is 0.500. The first-order chi connectivity index (χ1) is 20.5. The maximum absolute atomic E-state index is 13.7. The summed E-state index contributed by atoms with van der Waals surface area (Å²) in [7, 11) is 2.44. The molecule has 0 bridgehead atoms. The summed E-state index contributed by atoms with van der Waals surface area (Å²) in [4.78, 5) is 42.0. The molecule has 2 aromatic rings. The Bertz CT molecular complexity index is 1340. The van der Waals surface area contributed by atoms with Gasteiger partial charge in [-0.2, -0.15) is 26.3 Å². The van der Waals surface area contributed by atoms with Crippen LogP contribution in [0.3, 0.4) is 0 Å². The Balaban J connectivity index is 1.58. The molecule has 240 valence electrons. The molecule has 0 aromatic heterocycles. The van der Waals surface area contributed by atoms with E-state index in [1.807, 2.05) is 0 Å². The summed E-state index contributed by atoms with van der Waals surface area (Å²) in [5.74, 6) is -1.63. The van der Waals surface area contributed by atoms with Crippen molar-refractivity contribution in [2.75, 3.05) is 32.1 Å². The molecule has 44 heavy (non-hydrogen) atoms. The zero-order valence-electron chi connectivity index (χ0n) is 24.3. The molecule has 2 aromatic carbocycles. The molecule has 4 amide bonds. The van der Waals surface area contributed by atoms with Gasteiger partial charge in [0.25, 0.3) is 0 Å². The van der Waals surface area contributed by atoms with Crippen molar-refractivity contribution in [2.24, 2.45) is 5.92 Å². The molecule has 1 N–H and O–H groups in total. The van der Waals surface area contributed by atoms with Crippen LogP contribution in [0.25, 0.3) is 0 Å². The fourth-order valence-corrected chi connectivity index (χ4v) is 6.05. The number of urea groups is 1. The molecular weight excluding hydrogens is 597 g/mol. The normalized spacial score (nSPS) is 22.5. The fourth-order valence-electron chi connectivity index (χ4n) is 6.05. The van der Waals surface area contributed by atoms with E-state index in [0.717, 1.165) is 7.05 Å². The van der Waals surface area contributed by atoms with E-state index in [2.05, 4.69) is 5.32 Å². The van der Waals surface area contributed by atoms with Gasteiger partial charge in [0, 0.05) is 57.7 Å². The SMILES string of the molecule is CC(=O)NC1CCC(C(=O)N2C[C@@H](N(C)C(=O)N(C)c3cc(C(F)(F)F)cc(C(F)(F)F)c3)[C@H](c3ccc(F)cc3)C2)CC1. The number of nitrogens with one attached hydrogen (secondary N) is 1. The third-order valence-electron chi connectivity index (χ3n) is 8.43. The molecule has 1 saturated heterocycles. The smallest absolute Gasteiger partial charge is 0.354 e. The number of amides is 4. The molecule has 2 aliphatic rings. The predicted octanol–water partition coefficient (Wildman–Crippen LogP) is 6.04. The van der Waals surface area contributed by atoms with E-state index in [0.29, 0.717) is 48.3 Å². The van der Waals surface area contributed by atoms with E-state index >= 15 is 0 Å². The van der Waals surface area contributed by atoms with Crippen molar-refractivity contribution in [3.63, 3.8) is 0 Å². The van der Waals surface area contributed by atoms with Gasteiger partial charge in [0.05, 0.1) is 17.2 Å². The van der Waals surface area contributed by atoms with Gasteiger partial charge in [-0.25, -0.2) is 9.18 Å². The molecule has 4 rings (SSSR count). The summed E-state index contributed by atoms with van der Waals surface area (Å²) >= 11 is 0. The number of benzene rings is 2. The third kappa shape index (κ3) is 7.44. The Morgan fingerprint density at radius 1 is 0.841 bits per heavy atom. The van der Waals surface area contributed by atoms with Gasteiger partial charge in [0.2, 0.25) is 11.8 Å². The van der Waals surface area contributed by atoms with Crippen LogP contribution in [0.2, 0.25) is 0 Å². The number of alkyl halides is 6. The van der Waals surface area contributed by atoms with Crippen LogP contribution in [0.15, 0.2) is 42.5 Å². The Hall–Kier alpha value is -3.84. The first-order valence-electron chi connectivity index (χ1n) is 14.1. The zero-order chi connectivity index (χ0) is 32.6. The average Bonchev–Trinajstić information content (AvgIpc) is 3.40. The molecule has 1 aliphatic carbocycles. The van der Waals surface area contributed by atoms with Crippen LogP contribution in [-0.4, -0.2) is 66.9 Å². The number of hydrogen-bond acceptors (Lipinski definition) is 3. The van der Waals surface area contributed by atoms with Gasteiger partial charge in [0.15, 0.2) is 0 Å². The minimum absolute atomic E-state index is 0.0137. The van der Waals surface area contributed by atoms with Gasteiger partial charge in [0.1, 0.15) is 5.82 Å². The van der Waals surface area contributed by atoms with Crippen LogP contribution < -0.4 is 10.2 Å². The molecule has 1 saturated carbocycles. The van der Waals surface area contributed by atoms with Crippen molar-refractivity contribution in [2.45, 2.75) is 63.0 Å². The van der Waals surface area contributed by atoms with Gasteiger partial charge in [-0.05, 0) is 61.6 Å². The lowest BCUT2D eigenvalue weighted by Crippen LogP contribution is -2.48. The lowest BCUT2D eigenvalue weighted by Gasteiger charge is -2.33. The Labute approximate surface area is 250 Å². The van der Waals surface area contributed by atoms with E-state index in [1.165, 1.54) is 43.1 Å². The van der Waals surface area contributed by atoms with Crippen molar-refractivity contribution in [3.05, 3.63) is 65.0 Å². The first kappa shape index (κ1) is 33.1. The molecule has 1 heterocycles. The summed E-state index contributed by atoms with van der Waals surface area (Å²) in [5.41, 5.74) is -3.11. The maximum atomic E-state index is 13.7. The summed E-state index contributed by atoms with van der Waals surface area (Å²) in [6, 6.07) is 4.80. The van der Waals surface area contributed by atoms with E-state index in [1.54, 1.807) is 4.90 Å². The van der Waals surface area contributed by atoms with Crippen LogP contribution >= 0.6 is 0 Å². The highest BCUT2D eigenvalue weighted by Crippen LogP contribution is 2.39. The van der Waals surface area contributed by atoms with E-state index in [4.69, 9.17) is 0 Å². The van der Waals surface area contributed by atoms with Crippen LogP contribution in [0, 0.1) is 11.7 Å². The minimum Gasteiger partial charge on any atom is -0.354 e. The Morgan fingerprint density at radius 3 is 1.89 bits per heavy atom. The molecule has 0 spiro atoms. The number of carbonyl (C=O) groups is 3. The van der Waals surface area contributed by atoms with Crippen molar-refractivity contribution in [1.82, 2.24) is 15.1 Å². The zero-order valence-corrected chi connectivity index (χ0v) is 24.3. The van der Waals surface area contributed by atoms with Gasteiger partial charge < -0.3 is 15.1 Å². The van der Waals surface area contributed by atoms with Gasteiger partial charge in [-0.15, -0.1) is 0 Å². The number of likely N-dealkylation sites (N-methyl/N-ethyl adjacent to an activating group) is 1. The van der Waals surface area contributed by atoms with Gasteiger partial charge in [-0.3, -0.25) is 14.5 Å². The van der Waals surface area contributed by atoms with Crippen molar-refractivity contribution in [3.8, 4) is 0 Å². The highest BCUT2D eigenvalue weighted by atomic mass is 19.4. The monoisotopic (exact) mass is 630 g/mol. The minimum atomic E-state index is -5.09. The number of likely N-dealkylation sites (tertiary alicyclic amines) is 1. The standard InChI is InChI=1S/C30H33F7N4O3/c1-17(42)38-23-10-6-19(7-11-23)27(43)41-15-25(18-4-8-22(31)9-5-18)26(16-41)40(3)28(44)39(2)24-13-20(29(32,33)34)12-21(14-24)30(35,36)37/h4-5,8-9,12-14,19,23,25-26H,6-7,10-11,15-16H2,1-3H3,(H,38,42)/t19?,23?,25-,26+/m0/s1. The quantitative estimate of drug-likeness (QED) is 0.410. The molecule has 2 atom stereocenters. The highest BCUT2D eigenvalue weighted by molar-refractivity contribution is 5.92. The Kier molecular flexibility index (Phi) is 9.50. The lowest BCUT2D eigenvalue weighted by atomic mass is 9.85. The summed E-state index contributed by atoms with van der Waals surface area (Å²) in [6.07, 6.45) is -7.86. The van der Waals surface area contributed by atoms with Crippen molar-refractivity contribution >= 4 is 23.5 Å². The predicted molar refractivity (Wildman–Crippen MR) is 147 cm³/mol. The summed E-state index contributed by atoms with van der Waals surface area (Å²) < 4.78 is 94.5. The maximum Gasteiger partial charge on any atom is 0.416 e. The largest absolute Gasteiger partial charge is 0.416 e. The molecule has 14 heteroatoms. The van der Waals surface area contributed by atoms with E-state index in [-0.39, 0.29) is 42.9 Å². The molecule has 7 nitrogen and oxygen atoms in total. The number of anilines is 1. The van der Waals surface area contributed by atoms with Crippen LogP contribution in [0.4, 0.5) is 41.2 Å². The van der Waals surface area contributed by atoms with Crippen molar-refractivity contribution < 1.29 is 45.1 Å². The lowest BCUT2D eigenvalue weighted by molar-refractivity contribution is -0.143. The highest BCUT2D eigenvalue weighted by Gasteiger charge is 2.43. The number of hydrogen-bond donors (Lipinski definition) is 1. The van der Waals surface area contributed by atoms with Gasteiger partial charge in [-0.1, -0.05) is 12.1 Å². The first-order valence-corrected chi connectivity index (χ1v) is 14.1. The molecule has 1 aliphatic heterocycles. The second kappa shape index (κ2) is 12.6. The molecule has 0 radical (unpaired) electrons. The van der Waals surface area contributed by atoms with Gasteiger partial charge >= 0.3 is 18.4 Å². The number of rotatable bonds is 5. The summed E-state index contributed by atoms with van der Waals surface area (Å²) in [5, 5.41) is 2.86. The molecular formula is C30H33F7N4O3. The molecule has 0 unspecified atom stereocenters. The molecule has 2 fully saturated rings. The topological polar surface area (TPSA) is 73.0 Å². The average molecular weight is 631 g/mol. The number of nitrogens with zero attached hydrogens (tertiary/aromatic N) is 3. The number of carbonyl (C=O) groups excluding carboxylic acids is 3. The van der Waals surface area contributed by atoms with Crippen LogP contribution in [0.5, 0.6) is 0 Å². The van der Waals surface area contributed by atoms with E-state index in [9.17, 15) is 45.1 Å². The van der Waals surface area contributed by atoms with E-state index < -0.39 is 53.0 Å². The number of halogens is 7. The second-order valence-corrected chi connectivity index (χ2v) is 11.4. The van der Waals surface area contributed by atoms with Crippen LogP contribution in [0.1, 0.15) is 55.2 Å². The Morgan fingerprint density at radius 2 is 1.39 bits per heavy atom. The van der Waals surface area contributed by atoms with Crippen LogP contribution in [-0.2, 0) is 21.9 Å².